The van der Waals surface area contributed by atoms with E-state index in [-0.39, 0.29) is 12.1 Å². The summed E-state index contributed by atoms with van der Waals surface area (Å²) in [5.41, 5.74) is 4.87. The highest BCUT2D eigenvalue weighted by Crippen LogP contribution is 2.41. The maximum absolute atomic E-state index is 5.67. The highest BCUT2D eigenvalue weighted by molar-refractivity contribution is 7.80. The van der Waals surface area contributed by atoms with E-state index < -0.39 is 0 Å². The number of aryl methyl sites for hydroxylation is 1. The fourth-order valence-corrected chi connectivity index (χ4v) is 4.40. The third-order valence-corrected chi connectivity index (χ3v) is 5.44. The summed E-state index contributed by atoms with van der Waals surface area (Å²) in [6.07, 6.45) is 1.84. The van der Waals surface area contributed by atoms with E-state index in [2.05, 4.69) is 59.6 Å². The largest absolute Gasteiger partial charge is 0.383 e. The molecule has 0 spiro atoms. The molecule has 1 aliphatic heterocycles. The van der Waals surface area contributed by atoms with Gasteiger partial charge in [0.2, 0.25) is 0 Å². The van der Waals surface area contributed by atoms with Crippen molar-refractivity contribution in [3.05, 3.63) is 53.1 Å². The second-order valence-electron chi connectivity index (χ2n) is 7.10. The minimum absolute atomic E-state index is 0.0293. The zero-order chi connectivity index (χ0) is 18.8. The van der Waals surface area contributed by atoms with Crippen LogP contribution in [0.4, 0.5) is 0 Å². The van der Waals surface area contributed by atoms with E-state index >= 15 is 0 Å². The lowest BCUT2D eigenvalue weighted by Crippen LogP contribution is -2.32. The highest BCUT2D eigenvalue weighted by Gasteiger charge is 2.41. The second kappa shape index (κ2) is 7.76. The number of nitrogens with one attached hydrogen (secondary N) is 1. The van der Waals surface area contributed by atoms with Crippen LogP contribution in [-0.2, 0) is 4.74 Å². The van der Waals surface area contributed by atoms with Gasteiger partial charge in [-0.25, -0.2) is 0 Å². The average molecular weight is 373 g/mol. The van der Waals surface area contributed by atoms with Crippen molar-refractivity contribution in [2.24, 2.45) is 0 Å². The monoisotopic (exact) mass is 372 g/mol. The molecule has 0 unspecified atom stereocenters. The van der Waals surface area contributed by atoms with Crippen LogP contribution in [0.2, 0.25) is 0 Å². The van der Waals surface area contributed by atoms with E-state index in [1.54, 1.807) is 7.11 Å². The minimum atomic E-state index is 0.0293. The van der Waals surface area contributed by atoms with Crippen LogP contribution >= 0.6 is 12.2 Å². The van der Waals surface area contributed by atoms with E-state index in [9.17, 15) is 0 Å². The van der Waals surface area contributed by atoms with Crippen LogP contribution in [0.3, 0.4) is 0 Å². The van der Waals surface area contributed by atoms with Gasteiger partial charge < -0.3 is 19.5 Å². The third-order valence-electron chi connectivity index (χ3n) is 5.09. The van der Waals surface area contributed by atoms with E-state index in [1.165, 1.54) is 17.0 Å². The van der Waals surface area contributed by atoms with E-state index in [4.69, 9.17) is 17.0 Å². The van der Waals surface area contributed by atoms with E-state index in [0.29, 0.717) is 12.6 Å². The lowest BCUT2D eigenvalue weighted by molar-refractivity contribution is 0.164. The van der Waals surface area contributed by atoms with Crippen molar-refractivity contribution in [2.45, 2.75) is 45.8 Å². The van der Waals surface area contributed by atoms with Crippen molar-refractivity contribution in [3.8, 4) is 0 Å². The molecule has 1 N–H and O–H groups in total. The molecular weight excluding hydrogens is 344 g/mol. The quantitative estimate of drug-likeness (QED) is 0.783. The molecule has 1 saturated heterocycles. The average Bonchev–Trinajstić information content (AvgIpc) is 3.09. The van der Waals surface area contributed by atoms with Gasteiger partial charge >= 0.3 is 0 Å². The van der Waals surface area contributed by atoms with Crippen LogP contribution in [-0.4, -0.2) is 39.8 Å². The Balaban J connectivity index is 2.08. The standard InChI is InChI=1S/C20H28N4OS/c1-13(2)24-14(3)12-16(15(24)4)19-18(17-8-6-7-9-21-17)22-20(26)23(19)10-11-25-5/h6-9,12-13,18-19H,10-11H2,1-5H3,(H,22,26)/t18-,19-/m1/s1. The first kappa shape index (κ1) is 18.9. The molecule has 1 fully saturated rings. The van der Waals surface area contributed by atoms with Crippen molar-refractivity contribution in [1.82, 2.24) is 19.8 Å². The van der Waals surface area contributed by atoms with Crippen molar-refractivity contribution in [3.63, 3.8) is 0 Å². The predicted octanol–water partition coefficient (Wildman–Crippen LogP) is 3.70. The number of aromatic nitrogens is 2. The molecule has 0 bridgehead atoms. The van der Waals surface area contributed by atoms with Gasteiger partial charge in [0.1, 0.15) is 0 Å². The van der Waals surface area contributed by atoms with E-state index in [0.717, 1.165) is 17.4 Å². The normalized spacial score (nSPS) is 20.1. The van der Waals surface area contributed by atoms with Crippen molar-refractivity contribution >= 4 is 17.3 Å². The molecule has 0 aliphatic carbocycles. The smallest absolute Gasteiger partial charge is 0.170 e. The molecule has 2 aromatic heterocycles. The van der Waals surface area contributed by atoms with Gasteiger partial charge in [0, 0.05) is 37.3 Å². The van der Waals surface area contributed by atoms with Gasteiger partial charge in [-0.15, -0.1) is 0 Å². The third kappa shape index (κ3) is 3.35. The summed E-state index contributed by atoms with van der Waals surface area (Å²) in [5.74, 6) is 0. The summed E-state index contributed by atoms with van der Waals surface area (Å²) in [7, 11) is 1.72. The summed E-state index contributed by atoms with van der Waals surface area (Å²) >= 11 is 5.67. The zero-order valence-electron chi connectivity index (χ0n) is 16.2. The van der Waals surface area contributed by atoms with Gasteiger partial charge in [0.15, 0.2) is 5.11 Å². The molecule has 3 rings (SSSR count). The number of hydrogen-bond donors (Lipinski definition) is 1. The van der Waals surface area contributed by atoms with Gasteiger partial charge in [-0.05, 0) is 63.7 Å². The zero-order valence-corrected chi connectivity index (χ0v) is 17.0. The van der Waals surface area contributed by atoms with Crippen LogP contribution < -0.4 is 5.32 Å². The van der Waals surface area contributed by atoms with Gasteiger partial charge in [-0.3, -0.25) is 4.98 Å². The number of rotatable bonds is 6. The molecule has 3 heterocycles. The van der Waals surface area contributed by atoms with Crippen molar-refractivity contribution in [1.29, 1.82) is 0 Å². The number of nitrogens with zero attached hydrogens (tertiary/aromatic N) is 3. The predicted molar refractivity (Wildman–Crippen MR) is 108 cm³/mol. The molecule has 2 atom stereocenters. The number of thiocarbonyl (C=S) groups is 1. The SMILES string of the molecule is COCCN1C(=S)N[C@H](c2ccccn2)[C@H]1c1cc(C)n(C(C)C)c1C. The first-order chi connectivity index (χ1) is 12.5. The minimum Gasteiger partial charge on any atom is -0.383 e. The van der Waals surface area contributed by atoms with Crippen LogP contribution in [0.25, 0.3) is 0 Å². The molecule has 5 nitrogen and oxygen atoms in total. The van der Waals surface area contributed by atoms with Crippen molar-refractivity contribution in [2.75, 3.05) is 20.3 Å². The summed E-state index contributed by atoms with van der Waals surface area (Å²) in [5, 5.41) is 4.25. The lowest BCUT2D eigenvalue weighted by atomic mass is 9.97. The van der Waals surface area contributed by atoms with Crippen LogP contribution in [0.15, 0.2) is 30.5 Å². The van der Waals surface area contributed by atoms with Gasteiger partial charge in [0.05, 0.1) is 24.4 Å². The molecular formula is C20H28N4OS. The van der Waals surface area contributed by atoms with E-state index in [1.807, 2.05) is 18.3 Å². The fourth-order valence-electron chi connectivity index (χ4n) is 4.07. The molecule has 0 aromatic carbocycles. The number of pyridine rings is 1. The van der Waals surface area contributed by atoms with Crippen LogP contribution in [0, 0.1) is 13.8 Å². The lowest BCUT2D eigenvalue weighted by Gasteiger charge is -2.28. The Morgan fingerprint density at radius 3 is 2.65 bits per heavy atom. The first-order valence-corrected chi connectivity index (χ1v) is 9.51. The van der Waals surface area contributed by atoms with Gasteiger partial charge in [0.25, 0.3) is 0 Å². The fraction of sp³-hybridized carbons (Fsp3) is 0.500. The first-order valence-electron chi connectivity index (χ1n) is 9.11. The molecule has 0 radical (unpaired) electrons. The van der Waals surface area contributed by atoms with Crippen molar-refractivity contribution < 1.29 is 4.74 Å². The molecule has 0 amide bonds. The maximum Gasteiger partial charge on any atom is 0.170 e. The van der Waals surface area contributed by atoms with Crippen LogP contribution in [0.1, 0.15) is 54.6 Å². The van der Waals surface area contributed by atoms with Crippen LogP contribution in [0.5, 0.6) is 0 Å². The Bertz CT molecular complexity index is 772. The Morgan fingerprint density at radius 1 is 1.31 bits per heavy atom. The Morgan fingerprint density at radius 2 is 2.08 bits per heavy atom. The number of ether oxygens (including phenoxy) is 1. The highest BCUT2D eigenvalue weighted by atomic mass is 32.1. The summed E-state index contributed by atoms with van der Waals surface area (Å²) in [6.45, 7) is 10.2. The Kier molecular flexibility index (Phi) is 5.63. The molecule has 140 valence electrons. The molecule has 2 aromatic rings. The Labute approximate surface area is 161 Å². The number of methoxy groups -OCH3 is 1. The van der Waals surface area contributed by atoms with Gasteiger partial charge in [-0.1, -0.05) is 6.07 Å². The summed E-state index contributed by atoms with van der Waals surface area (Å²) in [4.78, 5) is 6.83. The maximum atomic E-state index is 5.67. The summed E-state index contributed by atoms with van der Waals surface area (Å²) < 4.78 is 7.71. The van der Waals surface area contributed by atoms with Gasteiger partial charge in [-0.2, -0.15) is 0 Å². The molecule has 6 heteroatoms. The Hall–Kier alpha value is -1.92. The topological polar surface area (TPSA) is 42.3 Å². The molecule has 26 heavy (non-hydrogen) atoms. The second-order valence-corrected chi connectivity index (χ2v) is 7.49. The summed E-state index contributed by atoms with van der Waals surface area (Å²) in [6, 6.07) is 8.89. The molecule has 0 saturated carbocycles. The molecule has 1 aliphatic rings. The number of hydrogen-bond acceptors (Lipinski definition) is 3.